The molecule has 0 saturated carbocycles. The van der Waals surface area contributed by atoms with Gasteiger partial charge in [0.1, 0.15) is 0 Å². The van der Waals surface area contributed by atoms with Crippen molar-refractivity contribution in [3.05, 3.63) is 76.4 Å². The first-order valence-electron chi connectivity index (χ1n) is 6.28. The number of halogens is 1. The monoisotopic (exact) mass is 325 g/mol. The predicted molar refractivity (Wildman–Crippen MR) is 85.8 cm³/mol. The second-order valence-corrected chi connectivity index (χ2v) is 5.41. The average molecular weight is 326 g/mol. The maximum absolute atomic E-state index is 12.0. The Morgan fingerprint density at radius 2 is 1.90 bits per heavy atom. The van der Waals surface area contributed by atoms with Crippen molar-refractivity contribution in [3.8, 4) is 0 Å². The fourth-order valence-electron chi connectivity index (χ4n) is 2.12. The lowest BCUT2D eigenvalue weighted by atomic mass is 10.1. The molecule has 0 bridgehead atoms. The number of fused-ring (bicyclic) bond motifs is 1. The molecule has 3 aromatic rings. The lowest BCUT2D eigenvalue weighted by molar-refractivity contribution is 0.104. The highest BCUT2D eigenvalue weighted by atomic mass is 79.9. The van der Waals surface area contributed by atoms with E-state index in [9.17, 15) is 4.79 Å². The van der Waals surface area contributed by atoms with Gasteiger partial charge in [0.2, 0.25) is 0 Å². The van der Waals surface area contributed by atoms with Gasteiger partial charge in [0.25, 0.3) is 0 Å². The minimum atomic E-state index is 0.00921. The van der Waals surface area contributed by atoms with Crippen LogP contribution in [-0.4, -0.2) is 10.8 Å². The predicted octanol–water partition coefficient (Wildman–Crippen LogP) is 4.83. The van der Waals surface area contributed by atoms with E-state index in [0.29, 0.717) is 5.56 Å². The smallest absolute Gasteiger partial charge is 0.185 e. The highest BCUT2D eigenvalue weighted by Gasteiger charge is 2.03. The van der Waals surface area contributed by atoms with Crippen LogP contribution in [0.3, 0.4) is 0 Å². The van der Waals surface area contributed by atoms with E-state index in [1.54, 1.807) is 6.08 Å². The quantitative estimate of drug-likeness (QED) is 0.543. The molecule has 0 saturated heterocycles. The van der Waals surface area contributed by atoms with Crippen molar-refractivity contribution in [2.24, 2.45) is 0 Å². The van der Waals surface area contributed by atoms with Gasteiger partial charge in [0.05, 0.1) is 0 Å². The van der Waals surface area contributed by atoms with Crippen molar-refractivity contribution in [1.29, 1.82) is 0 Å². The van der Waals surface area contributed by atoms with Crippen molar-refractivity contribution in [2.45, 2.75) is 0 Å². The summed E-state index contributed by atoms with van der Waals surface area (Å²) in [6.45, 7) is 0. The molecule has 3 heteroatoms. The molecule has 0 fully saturated rings. The molecule has 20 heavy (non-hydrogen) atoms. The number of allylic oxidation sites excluding steroid dienone is 1. The number of hydrogen-bond acceptors (Lipinski definition) is 1. The van der Waals surface area contributed by atoms with E-state index in [0.717, 1.165) is 20.9 Å². The maximum Gasteiger partial charge on any atom is 0.185 e. The summed E-state index contributed by atoms with van der Waals surface area (Å²) in [6, 6.07) is 15.3. The van der Waals surface area contributed by atoms with Crippen LogP contribution in [0.2, 0.25) is 0 Å². The number of rotatable bonds is 3. The molecule has 0 unspecified atom stereocenters. The van der Waals surface area contributed by atoms with Crippen LogP contribution >= 0.6 is 15.9 Å². The van der Waals surface area contributed by atoms with Crippen molar-refractivity contribution in [1.82, 2.24) is 4.98 Å². The zero-order valence-electron chi connectivity index (χ0n) is 10.6. The number of nitrogens with one attached hydrogen (secondary N) is 1. The van der Waals surface area contributed by atoms with E-state index in [1.165, 1.54) is 0 Å². The maximum atomic E-state index is 12.0. The first-order chi connectivity index (χ1) is 9.74. The largest absolute Gasteiger partial charge is 0.361 e. The minimum absolute atomic E-state index is 0.00921. The van der Waals surface area contributed by atoms with E-state index in [4.69, 9.17) is 0 Å². The van der Waals surface area contributed by atoms with Crippen molar-refractivity contribution < 1.29 is 4.79 Å². The van der Waals surface area contributed by atoms with Crippen LogP contribution in [0.15, 0.2) is 65.3 Å². The number of carbonyl (C=O) groups excluding carboxylic acids is 1. The van der Waals surface area contributed by atoms with Crippen LogP contribution in [0, 0.1) is 0 Å². The Bertz CT molecular complexity index is 787. The van der Waals surface area contributed by atoms with Gasteiger partial charge in [-0.2, -0.15) is 0 Å². The molecule has 1 heterocycles. The molecular formula is C17H12BrNO. The number of carbonyl (C=O) groups is 1. The summed E-state index contributed by atoms with van der Waals surface area (Å²) in [6.07, 6.45) is 5.37. The number of aromatic amines is 1. The van der Waals surface area contributed by atoms with E-state index in [1.807, 2.05) is 60.8 Å². The number of ketones is 1. The zero-order chi connectivity index (χ0) is 13.9. The number of hydrogen-bond donors (Lipinski definition) is 1. The van der Waals surface area contributed by atoms with E-state index >= 15 is 0 Å². The first kappa shape index (κ1) is 12.9. The van der Waals surface area contributed by atoms with Gasteiger partial charge < -0.3 is 4.98 Å². The molecule has 0 aliphatic carbocycles. The van der Waals surface area contributed by atoms with E-state index in [-0.39, 0.29) is 5.78 Å². The van der Waals surface area contributed by atoms with Gasteiger partial charge in [-0.25, -0.2) is 0 Å². The topological polar surface area (TPSA) is 32.9 Å². The SMILES string of the molecule is O=C(/C=C/c1c[nH]c2ccc(Br)cc12)c1ccccc1. The Kier molecular flexibility index (Phi) is 3.52. The molecule has 3 rings (SSSR count). The summed E-state index contributed by atoms with van der Waals surface area (Å²) in [5, 5.41) is 1.09. The summed E-state index contributed by atoms with van der Waals surface area (Å²) in [4.78, 5) is 15.2. The second-order valence-electron chi connectivity index (χ2n) is 4.50. The third-order valence-corrected chi connectivity index (χ3v) is 3.64. The van der Waals surface area contributed by atoms with Crippen LogP contribution in [0.4, 0.5) is 0 Å². The van der Waals surface area contributed by atoms with Crippen LogP contribution in [0.25, 0.3) is 17.0 Å². The van der Waals surface area contributed by atoms with Crippen LogP contribution in [0.5, 0.6) is 0 Å². The molecule has 2 nitrogen and oxygen atoms in total. The number of aromatic nitrogens is 1. The molecule has 0 aliphatic heterocycles. The normalized spacial score (nSPS) is 11.2. The van der Waals surface area contributed by atoms with Gasteiger partial charge in [-0.05, 0) is 35.9 Å². The lowest BCUT2D eigenvalue weighted by Crippen LogP contribution is -1.92. The Hall–Kier alpha value is -2.13. The Morgan fingerprint density at radius 1 is 1.10 bits per heavy atom. The standard InChI is InChI=1S/C17H12BrNO/c18-14-7-8-16-15(10-14)13(11-19-16)6-9-17(20)12-4-2-1-3-5-12/h1-11,19H/b9-6+. The molecule has 1 N–H and O–H groups in total. The summed E-state index contributed by atoms with van der Waals surface area (Å²) in [7, 11) is 0. The highest BCUT2D eigenvalue weighted by Crippen LogP contribution is 2.23. The van der Waals surface area contributed by atoms with Crippen molar-refractivity contribution in [2.75, 3.05) is 0 Å². The third kappa shape index (κ3) is 2.58. The van der Waals surface area contributed by atoms with Crippen molar-refractivity contribution >= 4 is 38.7 Å². The molecule has 98 valence electrons. The van der Waals surface area contributed by atoms with Gasteiger partial charge in [-0.1, -0.05) is 46.3 Å². The molecule has 0 atom stereocenters. The number of H-pyrrole nitrogens is 1. The molecule has 0 amide bonds. The van der Waals surface area contributed by atoms with Gasteiger partial charge >= 0.3 is 0 Å². The second kappa shape index (κ2) is 5.47. The van der Waals surface area contributed by atoms with Gasteiger partial charge in [0, 0.05) is 27.1 Å². The molecular weight excluding hydrogens is 314 g/mol. The fraction of sp³-hybridized carbons (Fsp3) is 0. The van der Waals surface area contributed by atoms with Crippen LogP contribution < -0.4 is 0 Å². The summed E-state index contributed by atoms with van der Waals surface area (Å²) in [5.41, 5.74) is 2.76. The number of benzene rings is 2. The van der Waals surface area contributed by atoms with Gasteiger partial charge in [-0.15, -0.1) is 0 Å². The van der Waals surface area contributed by atoms with Crippen LogP contribution in [-0.2, 0) is 0 Å². The van der Waals surface area contributed by atoms with Gasteiger partial charge in [0.15, 0.2) is 5.78 Å². The summed E-state index contributed by atoms with van der Waals surface area (Å²) < 4.78 is 1.02. The molecule has 0 radical (unpaired) electrons. The van der Waals surface area contributed by atoms with Crippen LogP contribution in [0.1, 0.15) is 15.9 Å². The first-order valence-corrected chi connectivity index (χ1v) is 7.07. The Morgan fingerprint density at radius 3 is 2.70 bits per heavy atom. The third-order valence-electron chi connectivity index (χ3n) is 3.15. The Balaban J connectivity index is 1.91. The molecule has 0 aliphatic rings. The molecule has 0 spiro atoms. The molecule has 1 aromatic heterocycles. The van der Waals surface area contributed by atoms with Crippen molar-refractivity contribution in [3.63, 3.8) is 0 Å². The van der Waals surface area contributed by atoms with Gasteiger partial charge in [-0.3, -0.25) is 4.79 Å². The summed E-state index contributed by atoms with van der Waals surface area (Å²) in [5.74, 6) is 0.00921. The Labute approximate surface area is 125 Å². The molecule has 2 aromatic carbocycles. The lowest BCUT2D eigenvalue weighted by Gasteiger charge is -1.95. The minimum Gasteiger partial charge on any atom is -0.361 e. The summed E-state index contributed by atoms with van der Waals surface area (Å²) >= 11 is 3.46. The zero-order valence-corrected chi connectivity index (χ0v) is 12.2. The van der Waals surface area contributed by atoms with E-state index < -0.39 is 0 Å². The van der Waals surface area contributed by atoms with E-state index in [2.05, 4.69) is 20.9 Å². The highest BCUT2D eigenvalue weighted by molar-refractivity contribution is 9.10. The average Bonchev–Trinajstić information content (AvgIpc) is 2.88. The fourth-order valence-corrected chi connectivity index (χ4v) is 2.48.